The topological polar surface area (TPSA) is 30.5 Å². The van der Waals surface area contributed by atoms with Crippen LogP contribution in [0.25, 0.3) is 0 Å². The van der Waals surface area contributed by atoms with Crippen LogP contribution in [0.3, 0.4) is 0 Å². The lowest BCUT2D eigenvalue weighted by Gasteiger charge is -2.15. The average molecular weight is 354 g/mol. The van der Waals surface area contributed by atoms with Gasteiger partial charge in [0.15, 0.2) is 11.5 Å². The van der Waals surface area contributed by atoms with Gasteiger partial charge in [-0.15, -0.1) is 12.3 Å². The zero-order valence-corrected chi connectivity index (χ0v) is 14.6. The molecule has 0 saturated heterocycles. The molecule has 0 amide bonds. The van der Waals surface area contributed by atoms with Gasteiger partial charge in [-0.3, -0.25) is 0 Å². The third kappa shape index (κ3) is 6.41. The van der Waals surface area contributed by atoms with Gasteiger partial charge in [0.1, 0.15) is 0 Å². The Hall–Kier alpha value is -1.18. The van der Waals surface area contributed by atoms with Gasteiger partial charge in [0.2, 0.25) is 0 Å². The Morgan fingerprint density at radius 1 is 1.38 bits per heavy atom. The first-order chi connectivity index (χ1) is 10.1. The summed E-state index contributed by atoms with van der Waals surface area (Å²) in [6.45, 7) is 6.77. The van der Waals surface area contributed by atoms with E-state index in [1.54, 1.807) is 7.11 Å². The maximum absolute atomic E-state index is 5.77. The van der Waals surface area contributed by atoms with Crippen LogP contribution < -0.4 is 14.8 Å². The van der Waals surface area contributed by atoms with Gasteiger partial charge in [-0.25, -0.2) is 0 Å². The second kappa shape index (κ2) is 9.70. The molecule has 4 heteroatoms. The van der Waals surface area contributed by atoms with E-state index in [-0.39, 0.29) is 0 Å². The van der Waals surface area contributed by atoms with Gasteiger partial charge in [0.25, 0.3) is 0 Å². The van der Waals surface area contributed by atoms with E-state index in [2.05, 4.69) is 47.1 Å². The molecule has 0 aliphatic rings. The summed E-state index contributed by atoms with van der Waals surface area (Å²) in [6, 6.07) is 4.07. The van der Waals surface area contributed by atoms with Crippen molar-refractivity contribution in [2.24, 2.45) is 5.92 Å². The van der Waals surface area contributed by atoms with Gasteiger partial charge in [0.05, 0.1) is 18.2 Å². The highest BCUT2D eigenvalue weighted by Gasteiger charge is 2.11. The molecule has 0 aliphatic carbocycles. The number of ether oxygens (including phenoxy) is 2. The van der Waals surface area contributed by atoms with Gasteiger partial charge >= 0.3 is 0 Å². The van der Waals surface area contributed by atoms with E-state index in [4.69, 9.17) is 15.9 Å². The van der Waals surface area contributed by atoms with Crippen LogP contribution in [0.15, 0.2) is 16.6 Å². The molecular weight excluding hydrogens is 330 g/mol. The molecule has 0 saturated carbocycles. The minimum absolute atomic E-state index is 0.587. The van der Waals surface area contributed by atoms with E-state index in [1.165, 1.54) is 0 Å². The molecule has 1 N–H and O–H groups in total. The number of nitrogens with one attached hydrogen (secondary N) is 1. The Morgan fingerprint density at radius 2 is 2.14 bits per heavy atom. The highest BCUT2D eigenvalue weighted by molar-refractivity contribution is 9.10. The molecule has 0 aliphatic heterocycles. The molecule has 1 rings (SSSR count). The fourth-order valence-corrected chi connectivity index (χ4v) is 2.47. The molecule has 0 spiro atoms. The minimum atomic E-state index is 0.587. The van der Waals surface area contributed by atoms with Crippen molar-refractivity contribution < 1.29 is 9.47 Å². The van der Waals surface area contributed by atoms with Crippen molar-refractivity contribution in [2.45, 2.75) is 33.2 Å². The summed E-state index contributed by atoms with van der Waals surface area (Å²) < 4.78 is 12.1. The maximum atomic E-state index is 5.77. The Kier molecular flexibility index (Phi) is 8.26. The zero-order valence-electron chi connectivity index (χ0n) is 13.0. The number of halogens is 1. The molecule has 1 aromatic carbocycles. The predicted molar refractivity (Wildman–Crippen MR) is 90.8 cm³/mol. The summed E-state index contributed by atoms with van der Waals surface area (Å²) in [5.41, 5.74) is 1.16. The van der Waals surface area contributed by atoms with Crippen molar-refractivity contribution in [2.75, 3.05) is 20.3 Å². The van der Waals surface area contributed by atoms with Crippen molar-refractivity contribution in [1.82, 2.24) is 5.32 Å². The molecule has 0 bridgehead atoms. The normalized spacial score (nSPS) is 10.5. The molecule has 21 heavy (non-hydrogen) atoms. The summed E-state index contributed by atoms with van der Waals surface area (Å²) in [6.07, 6.45) is 6.79. The largest absolute Gasteiger partial charge is 0.493 e. The van der Waals surface area contributed by atoms with Crippen LogP contribution in [0.2, 0.25) is 0 Å². The van der Waals surface area contributed by atoms with Crippen LogP contribution in [-0.2, 0) is 6.54 Å². The molecular formula is C17H24BrNO2. The van der Waals surface area contributed by atoms with Crippen molar-refractivity contribution in [1.29, 1.82) is 0 Å². The van der Waals surface area contributed by atoms with E-state index in [0.717, 1.165) is 47.5 Å². The number of methoxy groups -OCH3 is 1. The van der Waals surface area contributed by atoms with Gasteiger partial charge in [-0.05, 0) is 52.5 Å². The molecule has 0 unspecified atom stereocenters. The van der Waals surface area contributed by atoms with Crippen LogP contribution in [0.5, 0.6) is 11.5 Å². The Morgan fingerprint density at radius 3 is 2.76 bits per heavy atom. The van der Waals surface area contributed by atoms with Crippen LogP contribution in [-0.4, -0.2) is 20.3 Å². The van der Waals surface area contributed by atoms with E-state index in [9.17, 15) is 0 Å². The summed E-state index contributed by atoms with van der Waals surface area (Å²) in [7, 11) is 1.65. The summed E-state index contributed by atoms with van der Waals surface area (Å²) in [5.74, 6) is 4.72. The Bertz CT molecular complexity index is 480. The fraction of sp³-hybridized carbons (Fsp3) is 0.529. The third-order valence-corrected chi connectivity index (χ3v) is 3.47. The van der Waals surface area contributed by atoms with Gasteiger partial charge in [-0.2, -0.15) is 0 Å². The summed E-state index contributed by atoms with van der Waals surface area (Å²) in [4.78, 5) is 0. The van der Waals surface area contributed by atoms with Crippen LogP contribution in [0.1, 0.15) is 32.3 Å². The number of rotatable bonds is 9. The smallest absolute Gasteiger partial charge is 0.175 e. The zero-order chi connectivity index (χ0) is 15.7. The first-order valence-corrected chi connectivity index (χ1v) is 8.01. The van der Waals surface area contributed by atoms with E-state index >= 15 is 0 Å². The fourth-order valence-electron chi connectivity index (χ4n) is 1.87. The minimum Gasteiger partial charge on any atom is -0.493 e. The van der Waals surface area contributed by atoms with Crippen LogP contribution in [0, 0.1) is 18.3 Å². The van der Waals surface area contributed by atoms with Crippen molar-refractivity contribution in [3.8, 4) is 23.8 Å². The first kappa shape index (κ1) is 17.9. The van der Waals surface area contributed by atoms with Gasteiger partial charge < -0.3 is 14.8 Å². The van der Waals surface area contributed by atoms with E-state index < -0.39 is 0 Å². The van der Waals surface area contributed by atoms with Crippen LogP contribution in [0.4, 0.5) is 0 Å². The molecule has 116 valence electrons. The number of unbranched alkanes of at least 4 members (excludes halogenated alkanes) is 1. The number of hydrogen-bond donors (Lipinski definition) is 1. The maximum Gasteiger partial charge on any atom is 0.175 e. The standard InChI is InChI=1S/C17H24BrNO2/c1-5-6-7-8-21-17-15(18)9-14(10-16(17)20-4)12-19-11-13(2)3/h1,9-10,13,19H,6-8,11-12H2,2-4H3. The van der Waals surface area contributed by atoms with Crippen LogP contribution >= 0.6 is 15.9 Å². The Labute approximate surface area is 136 Å². The molecule has 1 aromatic rings. The highest BCUT2D eigenvalue weighted by atomic mass is 79.9. The quantitative estimate of drug-likeness (QED) is 0.537. The molecule has 0 aromatic heterocycles. The van der Waals surface area contributed by atoms with E-state index in [0.29, 0.717) is 12.5 Å². The third-order valence-electron chi connectivity index (χ3n) is 2.88. The van der Waals surface area contributed by atoms with Gasteiger partial charge in [0, 0.05) is 13.0 Å². The lowest BCUT2D eigenvalue weighted by atomic mass is 10.1. The van der Waals surface area contributed by atoms with Crippen molar-refractivity contribution >= 4 is 15.9 Å². The molecule has 0 atom stereocenters. The van der Waals surface area contributed by atoms with Crippen molar-refractivity contribution in [3.63, 3.8) is 0 Å². The number of hydrogen-bond acceptors (Lipinski definition) is 3. The molecule has 0 heterocycles. The molecule has 0 radical (unpaired) electrons. The molecule has 0 fully saturated rings. The van der Waals surface area contributed by atoms with Gasteiger partial charge in [-0.1, -0.05) is 13.8 Å². The highest BCUT2D eigenvalue weighted by Crippen LogP contribution is 2.36. The van der Waals surface area contributed by atoms with Crippen molar-refractivity contribution in [3.05, 3.63) is 22.2 Å². The van der Waals surface area contributed by atoms with E-state index in [1.807, 2.05) is 6.07 Å². The molecule has 3 nitrogen and oxygen atoms in total. The predicted octanol–water partition coefficient (Wildman–Crippen LogP) is 4.00. The lowest BCUT2D eigenvalue weighted by Crippen LogP contribution is -2.19. The Balaban J connectivity index is 2.70. The SMILES string of the molecule is C#CCCCOc1c(Br)cc(CNCC(C)C)cc1OC. The number of benzene rings is 1. The summed E-state index contributed by atoms with van der Waals surface area (Å²) >= 11 is 3.56. The second-order valence-corrected chi connectivity index (χ2v) is 6.14. The first-order valence-electron chi connectivity index (χ1n) is 7.21. The second-order valence-electron chi connectivity index (χ2n) is 5.29. The monoisotopic (exact) mass is 353 g/mol. The number of terminal acetylenes is 1. The average Bonchev–Trinajstić information content (AvgIpc) is 2.44. The lowest BCUT2D eigenvalue weighted by molar-refractivity contribution is 0.289. The summed E-state index contributed by atoms with van der Waals surface area (Å²) in [5, 5.41) is 3.42.